The van der Waals surface area contributed by atoms with E-state index in [4.69, 9.17) is 15.2 Å². The molecule has 0 fully saturated rings. The van der Waals surface area contributed by atoms with Gasteiger partial charge in [0.2, 0.25) is 0 Å². The van der Waals surface area contributed by atoms with E-state index < -0.39 is 34.7 Å². The average Bonchev–Trinajstić information content (AvgIpc) is 3.51. The number of benzene rings is 1. The van der Waals surface area contributed by atoms with Gasteiger partial charge < -0.3 is 20.3 Å². The Labute approximate surface area is 219 Å². The number of carbonyl (C=O) groups is 1. The number of nitrogens with zero attached hydrogens (tertiary/aromatic N) is 5. The summed E-state index contributed by atoms with van der Waals surface area (Å²) in [5.41, 5.74) is 2.93. The number of thiophene rings is 1. The second-order valence-electron chi connectivity index (χ2n) is 8.96. The van der Waals surface area contributed by atoms with Crippen LogP contribution in [0.4, 0.5) is 4.39 Å². The van der Waals surface area contributed by atoms with E-state index in [1.807, 2.05) is 0 Å². The molecule has 0 radical (unpaired) electrons. The Morgan fingerprint density at radius 2 is 1.95 bits per heavy atom. The van der Waals surface area contributed by atoms with Gasteiger partial charge in [-0.1, -0.05) is 11.3 Å². The van der Waals surface area contributed by atoms with Gasteiger partial charge in [0.15, 0.2) is 0 Å². The number of carboxylic acids is 1. The molecule has 202 valence electrons. The van der Waals surface area contributed by atoms with Crippen LogP contribution in [0.1, 0.15) is 31.1 Å². The highest BCUT2D eigenvalue weighted by Crippen LogP contribution is 2.34. The molecule has 38 heavy (non-hydrogen) atoms. The number of hydrogen-bond donors (Lipinski definition) is 2. The predicted molar refractivity (Wildman–Crippen MR) is 138 cm³/mol. The van der Waals surface area contributed by atoms with Crippen molar-refractivity contribution in [2.45, 2.75) is 39.0 Å². The summed E-state index contributed by atoms with van der Waals surface area (Å²) >= 11 is 1.09. The van der Waals surface area contributed by atoms with Crippen molar-refractivity contribution < 1.29 is 23.8 Å². The van der Waals surface area contributed by atoms with Gasteiger partial charge in [-0.2, -0.15) is 10.2 Å². The number of carboxylic acid groups (broad SMARTS) is 1. The highest BCUT2D eigenvalue weighted by atomic mass is 32.1. The fourth-order valence-corrected chi connectivity index (χ4v) is 5.39. The molecule has 0 unspecified atom stereocenters. The van der Waals surface area contributed by atoms with E-state index in [9.17, 15) is 23.9 Å². The van der Waals surface area contributed by atoms with E-state index in [-0.39, 0.29) is 29.9 Å². The van der Waals surface area contributed by atoms with Crippen molar-refractivity contribution in [2.24, 2.45) is 5.73 Å². The summed E-state index contributed by atoms with van der Waals surface area (Å²) in [4.78, 5) is 41.2. The summed E-state index contributed by atoms with van der Waals surface area (Å²) in [5.74, 6) is -1.59. The Hall–Kier alpha value is -3.88. The Bertz CT molecular complexity index is 1610. The van der Waals surface area contributed by atoms with Crippen molar-refractivity contribution in [1.29, 1.82) is 0 Å². The number of nitrogens with two attached hydrogens (primary N) is 1. The second-order valence-corrected chi connectivity index (χ2v) is 9.94. The van der Waals surface area contributed by atoms with Gasteiger partial charge in [0.25, 0.3) is 5.56 Å². The van der Waals surface area contributed by atoms with E-state index in [0.717, 1.165) is 11.3 Å². The molecule has 3 N–H and O–H groups in total. The third kappa shape index (κ3) is 4.61. The molecule has 1 atom stereocenters. The second kappa shape index (κ2) is 10.5. The molecule has 0 spiro atoms. The Morgan fingerprint density at radius 3 is 2.55 bits per heavy atom. The van der Waals surface area contributed by atoms with Crippen molar-refractivity contribution in [3.05, 3.63) is 68.4 Å². The molecule has 0 aliphatic heterocycles. The maximum atomic E-state index is 14.3. The molecule has 4 aromatic rings. The van der Waals surface area contributed by atoms with Crippen LogP contribution in [0, 0.1) is 12.7 Å². The minimum atomic E-state index is -1.88. The Kier molecular flexibility index (Phi) is 7.49. The molecule has 1 aromatic carbocycles. The molecule has 0 aliphatic rings. The summed E-state index contributed by atoms with van der Waals surface area (Å²) in [6, 6.07) is 3.90. The number of fused-ring (bicyclic) bond motifs is 1. The number of ether oxygens (including phenoxy) is 2. The third-order valence-electron chi connectivity index (χ3n) is 6.19. The van der Waals surface area contributed by atoms with Gasteiger partial charge in [-0.05, 0) is 39.0 Å². The van der Waals surface area contributed by atoms with Gasteiger partial charge in [-0.25, -0.2) is 18.5 Å². The summed E-state index contributed by atoms with van der Waals surface area (Å²) in [7, 11) is 1.42. The molecule has 12 nitrogen and oxygen atoms in total. The first kappa shape index (κ1) is 27.2. The molecule has 0 saturated carbocycles. The van der Waals surface area contributed by atoms with Gasteiger partial charge in [-0.15, -0.1) is 4.80 Å². The number of hydrogen-bond acceptors (Lipinski definition) is 9. The van der Waals surface area contributed by atoms with Gasteiger partial charge in [-0.3, -0.25) is 9.36 Å². The Morgan fingerprint density at radius 1 is 1.26 bits per heavy atom. The number of methoxy groups -OCH3 is 1. The van der Waals surface area contributed by atoms with Gasteiger partial charge in [0, 0.05) is 17.7 Å². The largest absolute Gasteiger partial charge is 0.496 e. The van der Waals surface area contributed by atoms with E-state index in [1.165, 1.54) is 60.9 Å². The van der Waals surface area contributed by atoms with Crippen molar-refractivity contribution in [1.82, 2.24) is 24.1 Å². The fraction of sp³-hybridized carbons (Fsp3) is 0.375. The van der Waals surface area contributed by atoms with Crippen LogP contribution in [0.3, 0.4) is 0 Å². The topological polar surface area (TPSA) is 156 Å². The van der Waals surface area contributed by atoms with Crippen molar-refractivity contribution in [3.8, 4) is 10.8 Å². The zero-order valence-corrected chi connectivity index (χ0v) is 22.0. The van der Waals surface area contributed by atoms with Crippen LogP contribution < -0.4 is 21.7 Å². The number of rotatable bonds is 10. The maximum Gasteiger partial charge on any atom is 0.333 e. The molecule has 4 rings (SSSR count). The lowest BCUT2D eigenvalue weighted by molar-refractivity contribution is -0.146. The predicted octanol–water partition coefficient (Wildman–Crippen LogP) is 1.80. The average molecular weight is 547 g/mol. The number of halogens is 1. The lowest BCUT2D eigenvalue weighted by atomic mass is 10.1. The molecule has 14 heteroatoms. The SMILES string of the molecule is COc1ccc(F)cc1[C@H](Cn1c(=O)n(C(C)(C)C(=O)O)c(=O)c2c(C)c(-n3nccn3)sc21)OCCN. The summed E-state index contributed by atoms with van der Waals surface area (Å²) < 4.78 is 27.6. The zero-order chi connectivity index (χ0) is 27.8. The van der Waals surface area contributed by atoms with Crippen LogP contribution in [0.2, 0.25) is 0 Å². The summed E-state index contributed by atoms with van der Waals surface area (Å²) in [6.45, 7) is 4.24. The standard InChI is InChI=1S/C24H27FN6O6S/c1-13-18-19(32)30(24(2,3)22(33)34)23(35)29(21(18)38-20(13)31-27-8-9-28-31)12-17(37-10-7-26)15-11-14(25)5-6-16(15)36-4/h5-6,8-9,11,17H,7,10,12,26H2,1-4H3,(H,33,34)/t17-/m0/s1. The molecule has 0 bridgehead atoms. The smallest absolute Gasteiger partial charge is 0.333 e. The molecule has 0 aliphatic carbocycles. The highest BCUT2D eigenvalue weighted by Gasteiger charge is 2.36. The van der Waals surface area contributed by atoms with Gasteiger partial charge in [0.1, 0.15) is 33.0 Å². The van der Waals surface area contributed by atoms with Crippen LogP contribution >= 0.6 is 11.3 Å². The summed E-state index contributed by atoms with van der Waals surface area (Å²) in [5, 5.41) is 18.8. The van der Waals surface area contributed by atoms with Crippen molar-refractivity contribution >= 4 is 27.5 Å². The first-order chi connectivity index (χ1) is 18.0. The fourth-order valence-electron chi connectivity index (χ4n) is 4.17. The molecule has 3 heterocycles. The normalized spacial score (nSPS) is 12.7. The molecular weight excluding hydrogens is 519 g/mol. The zero-order valence-electron chi connectivity index (χ0n) is 21.2. The highest BCUT2D eigenvalue weighted by molar-refractivity contribution is 7.21. The lowest BCUT2D eigenvalue weighted by Gasteiger charge is -2.25. The number of aliphatic carboxylic acids is 1. The van der Waals surface area contributed by atoms with E-state index >= 15 is 0 Å². The van der Waals surface area contributed by atoms with Crippen molar-refractivity contribution in [3.63, 3.8) is 0 Å². The maximum absolute atomic E-state index is 14.3. The van der Waals surface area contributed by atoms with E-state index in [2.05, 4.69) is 10.2 Å². The van der Waals surface area contributed by atoms with Crippen LogP contribution in [0.15, 0.2) is 40.2 Å². The minimum Gasteiger partial charge on any atom is -0.496 e. The number of aromatic nitrogens is 5. The first-order valence-electron chi connectivity index (χ1n) is 11.6. The molecule has 0 saturated heterocycles. The quantitative estimate of drug-likeness (QED) is 0.303. The molecule has 3 aromatic heterocycles. The van der Waals surface area contributed by atoms with Crippen molar-refractivity contribution in [2.75, 3.05) is 20.3 Å². The van der Waals surface area contributed by atoms with E-state index in [1.54, 1.807) is 6.92 Å². The van der Waals surface area contributed by atoms with Crippen LogP contribution in [-0.2, 0) is 21.6 Å². The molecule has 0 amide bonds. The van der Waals surface area contributed by atoms with Crippen LogP contribution in [0.5, 0.6) is 5.75 Å². The van der Waals surface area contributed by atoms with Crippen LogP contribution in [0.25, 0.3) is 15.2 Å². The van der Waals surface area contributed by atoms with Crippen LogP contribution in [-0.4, -0.2) is 55.5 Å². The van der Waals surface area contributed by atoms with Gasteiger partial charge in [0.05, 0.1) is 38.0 Å². The molecular formula is C24H27FN6O6S. The van der Waals surface area contributed by atoms with Gasteiger partial charge >= 0.3 is 11.7 Å². The summed E-state index contributed by atoms with van der Waals surface area (Å²) in [6.07, 6.45) is 2.00. The lowest BCUT2D eigenvalue weighted by Crippen LogP contribution is -2.52. The number of aryl methyl sites for hydroxylation is 1. The Balaban J connectivity index is 2.05. The first-order valence-corrected chi connectivity index (χ1v) is 12.4. The third-order valence-corrected chi connectivity index (χ3v) is 7.47. The monoisotopic (exact) mass is 546 g/mol. The minimum absolute atomic E-state index is 0.0778. The van der Waals surface area contributed by atoms with E-state index in [0.29, 0.717) is 26.4 Å².